The number of nitrogens with one attached hydrogen (secondary N) is 1. The van der Waals surface area contributed by atoms with Crippen LogP contribution in [0.25, 0.3) is 0 Å². The first kappa shape index (κ1) is 17.8. The highest BCUT2D eigenvalue weighted by Gasteiger charge is 2.36. The molecule has 1 aromatic rings. The first-order valence-corrected chi connectivity index (χ1v) is 10.4. The lowest BCUT2D eigenvalue weighted by atomic mass is 9.97. The zero-order valence-corrected chi connectivity index (χ0v) is 14.6. The molecule has 1 saturated carbocycles. The highest BCUT2D eigenvalue weighted by atomic mass is 32.2. The van der Waals surface area contributed by atoms with Crippen molar-refractivity contribution in [1.82, 2.24) is 5.32 Å². The number of hydrogen-bond donors (Lipinski definition) is 1. The molecule has 1 amide bonds. The van der Waals surface area contributed by atoms with Gasteiger partial charge in [0.05, 0.1) is 16.7 Å². The standard InChI is InChI=1S/C16H20N2O3S2/c1-22-13-5-7-14(8-6-13)23(20,21)11-12-3-2-4-15(12)16(19)18-10-9-17/h5-8,12,15H,2-4,10-11H2,1H3,(H,18,19)/t12-,15+/m1/s1. The van der Waals surface area contributed by atoms with Gasteiger partial charge in [-0.3, -0.25) is 4.79 Å². The molecule has 5 nitrogen and oxygen atoms in total. The summed E-state index contributed by atoms with van der Waals surface area (Å²) < 4.78 is 25.2. The second-order valence-electron chi connectivity index (χ2n) is 5.63. The van der Waals surface area contributed by atoms with Crippen LogP contribution in [0.2, 0.25) is 0 Å². The lowest BCUT2D eigenvalue weighted by molar-refractivity contribution is -0.125. The molecule has 2 atom stereocenters. The van der Waals surface area contributed by atoms with E-state index < -0.39 is 9.84 Å². The minimum atomic E-state index is -3.41. The average molecular weight is 352 g/mol. The van der Waals surface area contributed by atoms with E-state index in [1.165, 1.54) is 0 Å². The van der Waals surface area contributed by atoms with Crippen molar-refractivity contribution in [3.63, 3.8) is 0 Å². The van der Waals surface area contributed by atoms with Crippen molar-refractivity contribution in [3.05, 3.63) is 24.3 Å². The second-order valence-corrected chi connectivity index (χ2v) is 8.54. The molecule has 124 valence electrons. The van der Waals surface area contributed by atoms with Crippen molar-refractivity contribution in [3.8, 4) is 6.07 Å². The van der Waals surface area contributed by atoms with Crippen molar-refractivity contribution in [2.45, 2.75) is 29.1 Å². The zero-order chi connectivity index (χ0) is 16.9. The number of amides is 1. The molecule has 23 heavy (non-hydrogen) atoms. The van der Waals surface area contributed by atoms with Crippen LogP contribution in [-0.2, 0) is 14.6 Å². The molecule has 2 rings (SSSR count). The van der Waals surface area contributed by atoms with Crippen molar-refractivity contribution in [1.29, 1.82) is 5.26 Å². The third-order valence-electron chi connectivity index (χ3n) is 4.19. The average Bonchev–Trinajstić information content (AvgIpc) is 3.00. The van der Waals surface area contributed by atoms with Crippen LogP contribution in [0.3, 0.4) is 0 Å². The Morgan fingerprint density at radius 3 is 2.65 bits per heavy atom. The van der Waals surface area contributed by atoms with Crippen LogP contribution in [0.15, 0.2) is 34.1 Å². The number of benzene rings is 1. The Morgan fingerprint density at radius 1 is 1.35 bits per heavy atom. The number of thioether (sulfide) groups is 1. The molecule has 7 heteroatoms. The van der Waals surface area contributed by atoms with Gasteiger partial charge in [-0.15, -0.1) is 11.8 Å². The quantitative estimate of drug-likeness (QED) is 0.627. The number of carbonyl (C=O) groups excluding carboxylic acids is 1. The Morgan fingerprint density at radius 2 is 2.04 bits per heavy atom. The number of rotatable bonds is 6. The van der Waals surface area contributed by atoms with E-state index in [-0.39, 0.29) is 30.0 Å². The third kappa shape index (κ3) is 4.49. The van der Waals surface area contributed by atoms with Crippen molar-refractivity contribution in [2.24, 2.45) is 11.8 Å². The molecule has 0 saturated heterocycles. The Hall–Kier alpha value is -1.52. The summed E-state index contributed by atoms with van der Waals surface area (Å²) in [7, 11) is -3.41. The van der Waals surface area contributed by atoms with Crippen LogP contribution >= 0.6 is 11.8 Å². The summed E-state index contributed by atoms with van der Waals surface area (Å²) in [5.41, 5.74) is 0. The first-order valence-electron chi connectivity index (χ1n) is 7.49. The van der Waals surface area contributed by atoms with Gasteiger partial charge in [0.15, 0.2) is 9.84 Å². The normalized spacial score (nSPS) is 20.9. The van der Waals surface area contributed by atoms with Crippen LogP contribution in [-0.4, -0.2) is 32.9 Å². The van der Waals surface area contributed by atoms with Crippen LogP contribution in [0.4, 0.5) is 0 Å². The predicted molar refractivity (Wildman–Crippen MR) is 89.7 cm³/mol. The number of sulfone groups is 1. The van der Waals surface area contributed by atoms with Gasteiger partial charge in [0.2, 0.25) is 5.91 Å². The van der Waals surface area contributed by atoms with Gasteiger partial charge in [0.1, 0.15) is 6.54 Å². The third-order valence-corrected chi connectivity index (χ3v) is 6.79. The van der Waals surface area contributed by atoms with Gasteiger partial charge < -0.3 is 5.32 Å². The van der Waals surface area contributed by atoms with Gasteiger partial charge in [-0.25, -0.2) is 8.42 Å². The largest absolute Gasteiger partial charge is 0.343 e. The van der Waals surface area contributed by atoms with Crippen LogP contribution in [0, 0.1) is 23.2 Å². The number of hydrogen-bond acceptors (Lipinski definition) is 5. The first-order chi connectivity index (χ1) is 11.0. The molecule has 0 aromatic heterocycles. The van der Waals surface area contributed by atoms with Crippen molar-refractivity contribution >= 4 is 27.5 Å². The maximum absolute atomic E-state index is 12.6. The van der Waals surface area contributed by atoms with Crippen molar-refractivity contribution in [2.75, 3.05) is 18.6 Å². The molecule has 1 aromatic carbocycles. The van der Waals surface area contributed by atoms with E-state index in [2.05, 4.69) is 5.32 Å². The second kappa shape index (κ2) is 7.84. The maximum atomic E-state index is 12.6. The summed E-state index contributed by atoms with van der Waals surface area (Å²) in [5, 5.41) is 11.1. The Labute approximate surface area is 141 Å². The predicted octanol–water partition coefficient (Wildman–Crippen LogP) is 2.24. The van der Waals surface area contributed by atoms with E-state index >= 15 is 0 Å². The Bertz CT molecular complexity index is 693. The summed E-state index contributed by atoms with van der Waals surface area (Å²) in [5.74, 6) is -0.722. The fourth-order valence-electron chi connectivity index (χ4n) is 3.00. The summed E-state index contributed by atoms with van der Waals surface area (Å²) in [6.45, 7) is -0.0368. The monoisotopic (exact) mass is 352 g/mol. The van der Waals surface area contributed by atoms with Gasteiger partial charge in [-0.1, -0.05) is 6.42 Å². The van der Waals surface area contributed by atoms with Crippen LogP contribution in [0.1, 0.15) is 19.3 Å². The minimum Gasteiger partial charge on any atom is -0.343 e. The van der Waals surface area contributed by atoms with E-state index in [0.717, 1.165) is 17.7 Å². The molecule has 1 fully saturated rings. The zero-order valence-electron chi connectivity index (χ0n) is 13.0. The fraction of sp³-hybridized carbons (Fsp3) is 0.500. The molecule has 1 aliphatic carbocycles. The summed E-state index contributed by atoms with van der Waals surface area (Å²) in [6, 6.07) is 8.71. The van der Waals surface area contributed by atoms with Gasteiger partial charge in [0.25, 0.3) is 0 Å². The molecule has 0 heterocycles. The van der Waals surface area contributed by atoms with Gasteiger partial charge in [-0.2, -0.15) is 5.26 Å². The number of nitrogens with zero attached hydrogens (tertiary/aromatic N) is 1. The molecular weight excluding hydrogens is 332 g/mol. The molecule has 0 unspecified atom stereocenters. The van der Waals surface area contributed by atoms with Crippen molar-refractivity contribution < 1.29 is 13.2 Å². The van der Waals surface area contributed by atoms with E-state index in [0.29, 0.717) is 11.3 Å². The summed E-state index contributed by atoms with van der Waals surface area (Å²) >= 11 is 1.56. The molecule has 1 N–H and O–H groups in total. The van der Waals surface area contributed by atoms with E-state index in [1.807, 2.05) is 12.3 Å². The summed E-state index contributed by atoms with van der Waals surface area (Å²) in [4.78, 5) is 13.4. The number of nitriles is 1. The molecule has 0 radical (unpaired) electrons. The Kier molecular flexibility index (Phi) is 6.08. The molecular formula is C16H20N2O3S2. The highest BCUT2D eigenvalue weighted by Crippen LogP contribution is 2.34. The molecule has 0 bridgehead atoms. The van der Waals surface area contributed by atoms with Gasteiger partial charge in [0, 0.05) is 10.8 Å². The lowest BCUT2D eigenvalue weighted by Gasteiger charge is -2.18. The van der Waals surface area contributed by atoms with E-state index in [1.54, 1.807) is 36.0 Å². The van der Waals surface area contributed by atoms with Gasteiger partial charge in [-0.05, 0) is 49.3 Å². The fourth-order valence-corrected chi connectivity index (χ4v) is 5.11. The summed E-state index contributed by atoms with van der Waals surface area (Å²) in [6.07, 6.45) is 4.19. The SMILES string of the molecule is CSc1ccc(S(=O)(=O)C[C@H]2CCC[C@@H]2C(=O)NCC#N)cc1. The minimum absolute atomic E-state index is 0.0176. The van der Waals surface area contributed by atoms with E-state index in [9.17, 15) is 13.2 Å². The Balaban J connectivity index is 2.09. The maximum Gasteiger partial charge on any atom is 0.224 e. The van der Waals surface area contributed by atoms with Crippen LogP contribution < -0.4 is 5.32 Å². The lowest BCUT2D eigenvalue weighted by Crippen LogP contribution is -2.35. The molecule has 0 aliphatic heterocycles. The van der Waals surface area contributed by atoms with E-state index in [4.69, 9.17) is 5.26 Å². The van der Waals surface area contributed by atoms with Gasteiger partial charge >= 0.3 is 0 Å². The highest BCUT2D eigenvalue weighted by molar-refractivity contribution is 7.98. The van der Waals surface area contributed by atoms with Crippen LogP contribution in [0.5, 0.6) is 0 Å². The number of carbonyl (C=O) groups is 1. The smallest absolute Gasteiger partial charge is 0.224 e. The molecule has 1 aliphatic rings. The topological polar surface area (TPSA) is 87.0 Å². The molecule has 0 spiro atoms.